The Hall–Kier alpha value is -1.89. The van der Waals surface area contributed by atoms with Gasteiger partial charge in [0.15, 0.2) is 5.69 Å². The van der Waals surface area contributed by atoms with Crippen LogP contribution in [0.15, 0.2) is 17.8 Å². The van der Waals surface area contributed by atoms with Crippen molar-refractivity contribution in [1.29, 1.82) is 0 Å². The Kier molecular flexibility index (Phi) is 1.93. The highest BCUT2D eigenvalue weighted by Crippen LogP contribution is 2.15. The van der Waals surface area contributed by atoms with Crippen molar-refractivity contribution in [3.05, 3.63) is 23.5 Å². The molecule has 0 aliphatic heterocycles. The van der Waals surface area contributed by atoms with Crippen molar-refractivity contribution >= 4 is 22.9 Å². The third-order valence-electron chi connectivity index (χ3n) is 1.59. The first-order chi connectivity index (χ1) is 6.68. The summed E-state index contributed by atoms with van der Waals surface area (Å²) in [7, 11) is 0. The van der Waals surface area contributed by atoms with Gasteiger partial charge < -0.3 is 11.5 Å². The summed E-state index contributed by atoms with van der Waals surface area (Å²) < 4.78 is 1.43. The summed E-state index contributed by atoms with van der Waals surface area (Å²) in [6.45, 7) is 0. The summed E-state index contributed by atoms with van der Waals surface area (Å²) in [5, 5.41) is 6.36. The number of nitrogen functional groups attached to an aromatic ring is 1. The van der Waals surface area contributed by atoms with Crippen molar-refractivity contribution in [2.24, 2.45) is 5.73 Å². The average molecular weight is 209 g/mol. The van der Waals surface area contributed by atoms with Crippen LogP contribution in [0.3, 0.4) is 0 Å². The van der Waals surface area contributed by atoms with Crippen molar-refractivity contribution in [2.45, 2.75) is 0 Å². The maximum atomic E-state index is 10.9. The van der Waals surface area contributed by atoms with Gasteiger partial charge in [-0.05, 0) is 0 Å². The Balaban J connectivity index is 2.48. The molecule has 2 heterocycles. The van der Waals surface area contributed by atoms with E-state index in [1.54, 1.807) is 11.6 Å². The zero-order valence-corrected chi connectivity index (χ0v) is 7.86. The fraction of sp³-hybridized carbons (Fsp3) is 0. The highest BCUT2D eigenvalue weighted by Gasteiger charge is 2.12. The van der Waals surface area contributed by atoms with Crippen LogP contribution < -0.4 is 11.5 Å². The molecule has 72 valence electrons. The lowest BCUT2D eigenvalue weighted by Crippen LogP contribution is -2.13. The molecule has 0 spiro atoms. The Morgan fingerprint density at radius 3 is 2.86 bits per heavy atom. The van der Waals surface area contributed by atoms with Gasteiger partial charge in [0.1, 0.15) is 0 Å². The quantitative estimate of drug-likeness (QED) is 0.727. The van der Waals surface area contributed by atoms with Crippen molar-refractivity contribution in [3.8, 4) is 5.13 Å². The maximum absolute atomic E-state index is 10.9. The molecule has 2 rings (SSSR count). The summed E-state index contributed by atoms with van der Waals surface area (Å²) in [5.41, 5.74) is 10.9. The fourth-order valence-electron chi connectivity index (χ4n) is 1.01. The maximum Gasteiger partial charge on any atom is 0.271 e. The topological polar surface area (TPSA) is 99.8 Å². The summed E-state index contributed by atoms with van der Waals surface area (Å²) in [5.74, 6) is -0.641. The van der Waals surface area contributed by atoms with E-state index in [0.29, 0.717) is 5.13 Å². The van der Waals surface area contributed by atoms with Gasteiger partial charge in [-0.15, -0.1) is 11.3 Å². The van der Waals surface area contributed by atoms with Gasteiger partial charge in [-0.1, -0.05) is 0 Å². The molecule has 0 aliphatic rings. The number of nitrogens with zero attached hydrogens (tertiary/aromatic N) is 3. The number of nitrogens with two attached hydrogens (primary N) is 2. The molecule has 0 aliphatic carbocycles. The molecule has 1 amide bonds. The molecule has 7 heteroatoms. The van der Waals surface area contributed by atoms with E-state index in [2.05, 4.69) is 10.1 Å². The van der Waals surface area contributed by atoms with Crippen LogP contribution >= 0.6 is 11.3 Å². The zero-order chi connectivity index (χ0) is 10.1. The molecule has 2 aromatic heterocycles. The van der Waals surface area contributed by atoms with Gasteiger partial charge in [0.2, 0.25) is 5.13 Å². The van der Waals surface area contributed by atoms with E-state index in [1.807, 2.05) is 0 Å². The Labute approximate surface area is 83.2 Å². The Bertz CT molecular complexity index is 460. The summed E-state index contributed by atoms with van der Waals surface area (Å²) in [4.78, 5) is 14.9. The van der Waals surface area contributed by atoms with Gasteiger partial charge in [0.05, 0.1) is 11.9 Å². The molecule has 0 fully saturated rings. The minimum absolute atomic E-state index is 0.0696. The predicted octanol–water partition coefficient (Wildman–Crippen LogP) is 0.00990. The van der Waals surface area contributed by atoms with Crippen LogP contribution in [0, 0.1) is 0 Å². The van der Waals surface area contributed by atoms with Crippen LogP contribution in [0.2, 0.25) is 0 Å². The minimum atomic E-state index is -0.641. The molecule has 0 bridgehead atoms. The van der Waals surface area contributed by atoms with Gasteiger partial charge in [0.25, 0.3) is 5.91 Å². The number of carbonyl (C=O) groups is 1. The number of rotatable bonds is 2. The highest BCUT2D eigenvalue weighted by molar-refractivity contribution is 7.12. The lowest BCUT2D eigenvalue weighted by atomic mass is 10.4. The lowest BCUT2D eigenvalue weighted by Gasteiger charge is -1.91. The number of hydrogen-bond acceptors (Lipinski definition) is 5. The van der Waals surface area contributed by atoms with Crippen LogP contribution in [0.1, 0.15) is 10.5 Å². The molecule has 0 aromatic carbocycles. The van der Waals surface area contributed by atoms with Crippen LogP contribution in [0.4, 0.5) is 5.69 Å². The van der Waals surface area contributed by atoms with E-state index in [-0.39, 0.29) is 11.4 Å². The second kappa shape index (κ2) is 3.11. The number of amides is 1. The molecule has 0 saturated carbocycles. The first-order valence-electron chi connectivity index (χ1n) is 3.73. The van der Waals surface area contributed by atoms with Crippen LogP contribution in [-0.4, -0.2) is 20.7 Å². The number of aromatic nitrogens is 3. The molecular weight excluding hydrogens is 202 g/mol. The fourth-order valence-corrected chi connectivity index (χ4v) is 1.57. The molecule has 0 atom stereocenters. The first-order valence-corrected chi connectivity index (χ1v) is 4.61. The van der Waals surface area contributed by atoms with Crippen LogP contribution in [0.5, 0.6) is 0 Å². The molecular formula is C7H7N5OS. The molecule has 0 unspecified atom stereocenters. The minimum Gasteiger partial charge on any atom is -0.396 e. The van der Waals surface area contributed by atoms with Gasteiger partial charge in [0, 0.05) is 11.6 Å². The van der Waals surface area contributed by atoms with E-state index in [4.69, 9.17) is 11.5 Å². The van der Waals surface area contributed by atoms with E-state index in [0.717, 1.165) is 0 Å². The average Bonchev–Trinajstić information content (AvgIpc) is 2.70. The van der Waals surface area contributed by atoms with Crippen molar-refractivity contribution in [1.82, 2.24) is 14.8 Å². The Morgan fingerprint density at radius 1 is 1.57 bits per heavy atom. The smallest absolute Gasteiger partial charge is 0.271 e. The number of primary amides is 1. The van der Waals surface area contributed by atoms with E-state index < -0.39 is 5.91 Å². The standard InChI is InChI=1S/C7H7N5OS/c8-4-3-12(7-10-1-2-14-7)11-5(4)6(9)13/h1-3H,8H2,(H2,9,13). The summed E-state index contributed by atoms with van der Waals surface area (Å²) >= 11 is 1.39. The number of thiazole rings is 1. The molecule has 0 saturated heterocycles. The van der Waals surface area contributed by atoms with E-state index in [9.17, 15) is 4.79 Å². The third kappa shape index (κ3) is 1.33. The van der Waals surface area contributed by atoms with E-state index >= 15 is 0 Å². The summed E-state index contributed by atoms with van der Waals surface area (Å²) in [6, 6.07) is 0. The molecule has 0 radical (unpaired) electrons. The second-order valence-corrected chi connectivity index (χ2v) is 3.43. The molecule has 2 aromatic rings. The second-order valence-electron chi connectivity index (χ2n) is 2.56. The normalized spacial score (nSPS) is 10.3. The van der Waals surface area contributed by atoms with Crippen molar-refractivity contribution in [2.75, 3.05) is 5.73 Å². The van der Waals surface area contributed by atoms with Gasteiger partial charge in [-0.25, -0.2) is 9.67 Å². The molecule has 4 N–H and O–H groups in total. The van der Waals surface area contributed by atoms with Gasteiger partial charge >= 0.3 is 0 Å². The van der Waals surface area contributed by atoms with Crippen LogP contribution in [-0.2, 0) is 0 Å². The monoisotopic (exact) mass is 209 g/mol. The van der Waals surface area contributed by atoms with Gasteiger partial charge in [-0.2, -0.15) is 5.10 Å². The first kappa shape index (κ1) is 8.70. The number of hydrogen-bond donors (Lipinski definition) is 2. The third-order valence-corrected chi connectivity index (χ3v) is 2.35. The number of carbonyl (C=O) groups excluding carboxylic acids is 1. The summed E-state index contributed by atoms with van der Waals surface area (Å²) in [6.07, 6.45) is 3.15. The zero-order valence-electron chi connectivity index (χ0n) is 7.04. The molecule has 6 nitrogen and oxygen atoms in total. The molecule has 14 heavy (non-hydrogen) atoms. The Morgan fingerprint density at radius 2 is 2.36 bits per heavy atom. The van der Waals surface area contributed by atoms with Gasteiger partial charge in [-0.3, -0.25) is 4.79 Å². The van der Waals surface area contributed by atoms with E-state index in [1.165, 1.54) is 22.2 Å². The highest BCUT2D eigenvalue weighted by atomic mass is 32.1. The number of anilines is 1. The SMILES string of the molecule is NC(=O)c1nn(-c2nccs2)cc1N. The van der Waals surface area contributed by atoms with Crippen LogP contribution in [0.25, 0.3) is 5.13 Å². The van der Waals surface area contributed by atoms with Crippen molar-refractivity contribution < 1.29 is 4.79 Å². The lowest BCUT2D eigenvalue weighted by molar-refractivity contribution is 0.0996. The van der Waals surface area contributed by atoms with Crippen molar-refractivity contribution in [3.63, 3.8) is 0 Å². The largest absolute Gasteiger partial charge is 0.396 e. The predicted molar refractivity (Wildman–Crippen MR) is 52.2 cm³/mol.